The van der Waals surface area contributed by atoms with Crippen LogP contribution in [0.15, 0.2) is 64.2 Å². The number of halogens is 1. The van der Waals surface area contributed by atoms with E-state index in [0.29, 0.717) is 5.75 Å². The first kappa shape index (κ1) is 19.6. The van der Waals surface area contributed by atoms with Crippen molar-refractivity contribution < 1.29 is 4.79 Å². The normalized spacial score (nSPS) is 10.7. The van der Waals surface area contributed by atoms with Gasteiger partial charge in [-0.3, -0.25) is 4.79 Å². The fourth-order valence-electron chi connectivity index (χ4n) is 2.69. The summed E-state index contributed by atoms with van der Waals surface area (Å²) in [5.74, 6) is 1.20. The maximum atomic E-state index is 12.2. The van der Waals surface area contributed by atoms with Gasteiger partial charge in [-0.25, -0.2) is 0 Å². The lowest BCUT2D eigenvalue weighted by Crippen LogP contribution is -2.14. The van der Waals surface area contributed by atoms with E-state index in [-0.39, 0.29) is 5.91 Å². The second-order valence-corrected chi connectivity index (χ2v) is 7.83. The average Bonchev–Trinajstić information content (AvgIpc) is 3.09. The number of hydrogen-bond acceptors (Lipinski definition) is 4. The summed E-state index contributed by atoms with van der Waals surface area (Å²) in [6.45, 7) is 2.86. The first-order chi connectivity index (χ1) is 13.2. The fourth-order valence-corrected chi connectivity index (χ4v) is 3.78. The molecule has 0 spiro atoms. The predicted molar refractivity (Wildman–Crippen MR) is 113 cm³/mol. The van der Waals surface area contributed by atoms with Crippen LogP contribution in [-0.4, -0.2) is 26.4 Å². The van der Waals surface area contributed by atoms with Gasteiger partial charge in [-0.05, 0) is 43.2 Å². The van der Waals surface area contributed by atoms with Gasteiger partial charge in [0.05, 0.1) is 5.75 Å². The predicted octanol–water partition coefficient (Wildman–Crippen LogP) is 4.58. The lowest BCUT2D eigenvalue weighted by molar-refractivity contribution is -0.113. The van der Waals surface area contributed by atoms with Gasteiger partial charge in [0.1, 0.15) is 5.82 Å². The molecule has 0 bridgehead atoms. The minimum Gasteiger partial charge on any atom is -0.325 e. The van der Waals surface area contributed by atoms with Gasteiger partial charge >= 0.3 is 0 Å². The second kappa shape index (κ2) is 9.71. The Bertz CT molecular complexity index is 881. The van der Waals surface area contributed by atoms with Crippen LogP contribution in [0.2, 0.25) is 0 Å². The highest BCUT2D eigenvalue weighted by Gasteiger charge is 2.13. The van der Waals surface area contributed by atoms with Gasteiger partial charge in [0, 0.05) is 23.1 Å². The maximum absolute atomic E-state index is 12.2. The monoisotopic (exact) mass is 444 g/mol. The molecule has 7 heteroatoms. The molecule has 0 fully saturated rings. The Morgan fingerprint density at radius 2 is 1.81 bits per heavy atom. The van der Waals surface area contributed by atoms with E-state index >= 15 is 0 Å². The van der Waals surface area contributed by atoms with Crippen molar-refractivity contribution in [2.75, 3.05) is 11.1 Å². The van der Waals surface area contributed by atoms with Crippen molar-refractivity contribution in [3.05, 3.63) is 70.5 Å². The van der Waals surface area contributed by atoms with Crippen LogP contribution < -0.4 is 5.32 Å². The fraction of sp³-hybridized carbons (Fsp3) is 0.250. The first-order valence-corrected chi connectivity index (χ1v) is 10.6. The Kier molecular flexibility index (Phi) is 7.06. The molecule has 3 rings (SSSR count). The van der Waals surface area contributed by atoms with Gasteiger partial charge in [-0.1, -0.05) is 58.0 Å². The molecule has 0 saturated carbocycles. The summed E-state index contributed by atoms with van der Waals surface area (Å²) in [5.41, 5.74) is 2.07. The van der Waals surface area contributed by atoms with Gasteiger partial charge in [-0.15, -0.1) is 10.2 Å². The molecule has 1 heterocycles. The topological polar surface area (TPSA) is 59.8 Å². The van der Waals surface area contributed by atoms with Crippen molar-refractivity contribution in [1.82, 2.24) is 14.8 Å². The molecule has 27 heavy (non-hydrogen) atoms. The summed E-state index contributed by atoms with van der Waals surface area (Å²) in [5, 5.41) is 12.3. The Balaban J connectivity index is 1.56. The highest BCUT2D eigenvalue weighted by atomic mass is 79.9. The number of anilines is 1. The van der Waals surface area contributed by atoms with Gasteiger partial charge in [0.25, 0.3) is 0 Å². The molecule has 0 unspecified atom stereocenters. The van der Waals surface area contributed by atoms with E-state index in [4.69, 9.17) is 0 Å². The number of rotatable bonds is 8. The van der Waals surface area contributed by atoms with E-state index in [2.05, 4.69) is 55.1 Å². The number of nitrogens with one attached hydrogen (secondary N) is 1. The van der Waals surface area contributed by atoms with Crippen LogP contribution in [0.3, 0.4) is 0 Å². The summed E-state index contributed by atoms with van der Waals surface area (Å²) in [6.07, 6.45) is 1.75. The maximum Gasteiger partial charge on any atom is 0.234 e. The Labute approximate surface area is 171 Å². The zero-order valence-electron chi connectivity index (χ0n) is 15.1. The van der Waals surface area contributed by atoms with Crippen LogP contribution in [-0.2, 0) is 24.2 Å². The molecule has 0 aliphatic carbocycles. The van der Waals surface area contributed by atoms with Crippen molar-refractivity contribution in [2.24, 2.45) is 0 Å². The Morgan fingerprint density at radius 3 is 2.52 bits per heavy atom. The summed E-state index contributed by atoms with van der Waals surface area (Å²) in [7, 11) is 0. The average molecular weight is 445 g/mol. The molecule has 5 nitrogen and oxygen atoms in total. The third-order valence-electron chi connectivity index (χ3n) is 4.05. The van der Waals surface area contributed by atoms with Crippen molar-refractivity contribution in [1.29, 1.82) is 0 Å². The van der Waals surface area contributed by atoms with Crippen LogP contribution in [0, 0.1) is 0 Å². The minimum absolute atomic E-state index is 0.0567. The van der Waals surface area contributed by atoms with E-state index in [1.807, 2.05) is 42.5 Å². The number of benzene rings is 2. The molecule has 140 valence electrons. The lowest BCUT2D eigenvalue weighted by Gasteiger charge is -2.08. The number of amides is 1. The van der Waals surface area contributed by atoms with Crippen molar-refractivity contribution in [3.63, 3.8) is 0 Å². The number of nitrogens with zero attached hydrogens (tertiary/aromatic N) is 3. The van der Waals surface area contributed by atoms with Crippen LogP contribution >= 0.6 is 27.7 Å². The zero-order chi connectivity index (χ0) is 19.1. The molecule has 1 aromatic heterocycles. The first-order valence-electron chi connectivity index (χ1n) is 8.80. The largest absolute Gasteiger partial charge is 0.325 e. The van der Waals surface area contributed by atoms with Gasteiger partial charge in [-0.2, -0.15) is 0 Å². The molecule has 0 atom stereocenters. The molecule has 3 aromatic rings. The molecular weight excluding hydrogens is 424 g/mol. The van der Waals surface area contributed by atoms with Gasteiger partial charge in [0.2, 0.25) is 5.91 Å². The van der Waals surface area contributed by atoms with Crippen molar-refractivity contribution >= 4 is 39.3 Å². The van der Waals surface area contributed by atoms with E-state index in [1.54, 1.807) is 0 Å². The molecule has 2 aromatic carbocycles. The summed E-state index contributed by atoms with van der Waals surface area (Å²) in [6, 6.07) is 17.9. The molecule has 0 aliphatic heterocycles. The highest BCUT2D eigenvalue weighted by Crippen LogP contribution is 2.19. The lowest BCUT2D eigenvalue weighted by atomic mass is 10.1. The van der Waals surface area contributed by atoms with Crippen molar-refractivity contribution in [2.45, 2.75) is 31.5 Å². The molecule has 1 amide bonds. The van der Waals surface area contributed by atoms with E-state index < -0.39 is 0 Å². The molecule has 0 aliphatic rings. The van der Waals surface area contributed by atoms with Crippen LogP contribution in [0.5, 0.6) is 0 Å². The Hall–Kier alpha value is -2.12. The summed E-state index contributed by atoms with van der Waals surface area (Å²) < 4.78 is 3.06. The van der Waals surface area contributed by atoms with Crippen molar-refractivity contribution in [3.8, 4) is 0 Å². The van der Waals surface area contributed by atoms with Gasteiger partial charge < -0.3 is 9.88 Å². The molecule has 1 N–H and O–H groups in total. The number of carbonyl (C=O) groups excluding carboxylic acids is 1. The zero-order valence-corrected chi connectivity index (χ0v) is 17.5. The highest BCUT2D eigenvalue weighted by molar-refractivity contribution is 9.10. The second-order valence-electron chi connectivity index (χ2n) is 5.97. The number of aromatic nitrogens is 3. The van der Waals surface area contributed by atoms with Crippen LogP contribution in [0.25, 0.3) is 0 Å². The molecular formula is C20H21BrN4OS. The number of carbonyl (C=O) groups is 1. The number of hydrogen-bond donors (Lipinski definition) is 1. The van der Waals surface area contributed by atoms with E-state index in [0.717, 1.165) is 40.5 Å². The molecule has 0 saturated heterocycles. The summed E-state index contributed by atoms with van der Waals surface area (Å²) >= 11 is 4.80. The third-order valence-corrected chi connectivity index (χ3v) is 5.55. The van der Waals surface area contributed by atoms with E-state index in [1.165, 1.54) is 17.3 Å². The number of aryl methyl sites for hydroxylation is 2. The quantitative estimate of drug-likeness (QED) is 0.516. The third kappa shape index (κ3) is 5.68. The standard InChI is InChI=1S/C20H21BrN4OS/c1-2-25-18(13-8-15-6-4-3-5-7-15)23-24-20(25)27-14-19(26)22-17-11-9-16(21)10-12-17/h3-7,9-12H,2,8,13-14H2,1H3,(H,22,26). The van der Waals surface area contributed by atoms with Crippen LogP contribution in [0.4, 0.5) is 5.69 Å². The number of thioether (sulfide) groups is 1. The van der Waals surface area contributed by atoms with Gasteiger partial charge in [0.15, 0.2) is 5.16 Å². The minimum atomic E-state index is -0.0567. The smallest absolute Gasteiger partial charge is 0.234 e. The molecule has 0 radical (unpaired) electrons. The Morgan fingerprint density at radius 1 is 1.07 bits per heavy atom. The van der Waals surface area contributed by atoms with E-state index in [9.17, 15) is 4.79 Å². The van der Waals surface area contributed by atoms with Crippen LogP contribution in [0.1, 0.15) is 18.3 Å². The summed E-state index contributed by atoms with van der Waals surface area (Å²) in [4.78, 5) is 12.2. The SMILES string of the molecule is CCn1c(CCc2ccccc2)nnc1SCC(=O)Nc1ccc(Br)cc1.